The number of halogens is 1. The molecule has 35 heavy (non-hydrogen) atoms. The zero-order chi connectivity index (χ0) is 25.0. The van der Waals surface area contributed by atoms with E-state index in [-0.39, 0.29) is 5.41 Å². The van der Waals surface area contributed by atoms with Gasteiger partial charge < -0.3 is 0 Å². The van der Waals surface area contributed by atoms with Gasteiger partial charge in [0, 0.05) is 0 Å². The molecule has 1 aliphatic carbocycles. The zero-order valence-corrected chi connectivity index (χ0v) is 24.0. The standard InChI is InChI=1S/C33H38BrP/c1-27(22-23-32-28(2)15-14-25-33(32,3)4)24-26-35(34,29-16-8-5-9-17-29,30-18-10-6-11-19-30)31-20-12-7-13-21-31/h5-13,16-24H,14-15,25-26H2,1-4H3/b23-22-,27-24+. The third-order valence-corrected chi connectivity index (χ3v) is 17.2. The van der Waals surface area contributed by atoms with Crippen molar-refractivity contribution in [3.63, 3.8) is 0 Å². The van der Waals surface area contributed by atoms with Gasteiger partial charge in [-0.3, -0.25) is 0 Å². The summed E-state index contributed by atoms with van der Waals surface area (Å²) in [6.45, 7) is 9.33. The fraction of sp³-hybridized carbons (Fsp3) is 0.273. The third-order valence-electron chi connectivity index (χ3n) is 7.70. The molecule has 0 fully saturated rings. The summed E-state index contributed by atoms with van der Waals surface area (Å²) in [6.07, 6.45) is 11.9. The Morgan fingerprint density at radius 1 is 0.829 bits per heavy atom. The van der Waals surface area contributed by atoms with Crippen LogP contribution in [0.1, 0.15) is 47.0 Å². The second-order valence-corrected chi connectivity index (χ2v) is 19.6. The number of rotatable bonds is 7. The summed E-state index contributed by atoms with van der Waals surface area (Å²) in [7, 11) is 0. The first-order valence-electron chi connectivity index (χ1n) is 12.7. The fourth-order valence-electron chi connectivity index (χ4n) is 5.59. The molecule has 0 aliphatic heterocycles. The molecule has 0 atom stereocenters. The Hall–Kier alpha value is -2.21. The van der Waals surface area contributed by atoms with E-state index in [2.05, 4.69) is 152 Å². The molecule has 0 saturated carbocycles. The van der Waals surface area contributed by atoms with E-state index in [1.54, 1.807) is 5.57 Å². The van der Waals surface area contributed by atoms with Crippen LogP contribution in [-0.2, 0) is 0 Å². The Kier molecular flexibility index (Phi) is 7.70. The first kappa shape index (κ1) is 25.9. The summed E-state index contributed by atoms with van der Waals surface area (Å²) in [5.41, 5.74) is 4.62. The van der Waals surface area contributed by atoms with Gasteiger partial charge >= 0.3 is 221 Å². The molecule has 0 heterocycles. The third kappa shape index (κ3) is 5.04. The van der Waals surface area contributed by atoms with Crippen LogP contribution in [0.4, 0.5) is 0 Å². The van der Waals surface area contributed by atoms with Gasteiger partial charge in [0.15, 0.2) is 0 Å². The Morgan fingerprint density at radius 3 is 1.71 bits per heavy atom. The molecule has 0 spiro atoms. The quantitative estimate of drug-likeness (QED) is 0.206. The molecule has 0 N–H and O–H groups in total. The number of benzene rings is 3. The van der Waals surface area contributed by atoms with Crippen LogP contribution in [0.3, 0.4) is 0 Å². The normalized spacial score (nSPS) is 17.9. The number of hydrogen-bond donors (Lipinski definition) is 0. The Bertz CT molecular complexity index is 1130. The van der Waals surface area contributed by atoms with Crippen molar-refractivity contribution in [2.75, 3.05) is 6.16 Å². The minimum atomic E-state index is -2.92. The second kappa shape index (κ2) is 10.4. The van der Waals surface area contributed by atoms with E-state index in [1.807, 2.05) is 0 Å². The molecule has 0 amide bonds. The predicted octanol–water partition coefficient (Wildman–Crippen LogP) is 8.86. The molecular weight excluding hydrogens is 507 g/mol. The minimum absolute atomic E-state index is 0.256. The molecule has 3 aromatic carbocycles. The van der Waals surface area contributed by atoms with Crippen LogP contribution in [0, 0.1) is 5.41 Å². The van der Waals surface area contributed by atoms with Crippen LogP contribution in [0.25, 0.3) is 0 Å². The Morgan fingerprint density at radius 2 is 1.29 bits per heavy atom. The molecule has 0 unspecified atom stereocenters. The van der Waals surface area contributed by atoms with Crippen LogP contribution in [0.2, 0.25) is 0 Å². The van der Waals surface area contributed by atoms with Gasteiger partial charge in [-0.25, -0.2) is 0 Å². The molecule has 0 saturated heterocycles. The average molecular weight is 546 g/mol. The fourth-order valence-corrected chi connectivity index (χ4v) is 12.7. The maximum absolute atomic E-state index is 4.55. The molecule has 3 aromatic rings. The number of allylic oxidation sites excluding steroid dienone is 6. The molecule has 2 heteroatoms. The van der Waals surface area contributed by atoms with Crippen molar-refractivity contribution in [2.24, 2.45) is 5.41 Å². The van der Waals surface area contributed by atoms with Crippen LogP contribution in [0.15, 0.2) is 126 Å². The Labute approximate surface area is 220 Å². The summed E-state index contributed by atoms with van der Waals surface area (Å²) in [5, 5.41) is 1.15. The topological polar surface area (TPSA) is 0 Å². The van der Waals surface area contributed by atoms with Gasteiger partial charge in [-0.2, -0.15) is 0 Å². The van der Waals surface area contributed by atoms with Gasteiger partial charge in [-0.1, -0.05) is 0 Å². The van der Waals surface area contributed by atoms with Gasteiger partial charge in [0.2, 0.25) is 0 Å². The molecule has 0 bridgehead atoms. The molecular formula is C33H38BrP. The SMILES string of the molecule is CC1=C(/C=C\C(C)=C\CP(Br)(c2ccccc2)(c2ccccc2)c2ccccc2)C(C)(C)CCC1. The first-order valence-corrected chi connectivity index (χ1v) is 17.1. The van der Waals surface area contributed by atoms with E-state index in [0.717, 1.165) is 6.16 Å². The van der Waals surface area contributed by atoms with Crippen LogP contribution >= 0.6 is 20.8 Å². The molecule has 4 rings (SSSR count). The Balaban J connectivity index is 1.84. The summed E-state index contributed by atoms with van der Waals surface area (Å²) < 4.78 is 0. The van der Waals surface area contributed by atoms with E-state index < -0.39 is 5.31 Å². The van der Waals surface area contributed by atoms with Crippen molar-refractivity contribution >= 4 is 36.7 Å². The zero-order valence-electron chi connectivity index (χ0n) is 21.5. The van der Waals surface area contributed by atoms with Crippen molar-refractivity contribution in [3.05, 3.63) is 126 Å². The summed E-state index contributed by atoms with van der Waals surface area (Å²) in [5.74, 6) is 0. The molecule has 0 radical (unpaired) electrons. The maximum atomic E-state index is 4.55. The van der Waals surface area contributed by atoms with Crippen molar-refractivity contribution < 1.29 is 0 Å². The van der Waals surface area contributed by atoms with Gasteiger partial charge in [0.05, 0.1) is 0 Å². The van der Waals surface area contributed by atoms with E-state index in [1.165, 1.54) is 46.3 Å². The molecule has 182 valence electrons. The van der Waals surface area contributed by atoms with Gasteiger partial charge in [0.1, 0.15) is 0 Å². The van der Waals surface area contributed by atoms with E-state index >= 15 is 0 Å². The predicted molar refractivity (Wildman–Crippen MR) is 162 cm³/mol. The molecule has 1 aliphatic rings. The van der Waals surface area contributed by atoms with Gasteiger partial charge in [-0.05, 0) is 0 Å². The number of hydrogen-bond acceptors (Lipinski definition) is 0. The monoisotopic (exact) mass is 544 g/mol. The summed E-state index contributed by atoms with van der Waals surface area (Å²) in [4.78, 5) is 0. The summed E-state index contributed by atoms with van der Waals surface area (Å²) in [6, 6.07) is 33.1. The summed E-state index contributed by atoms with van der Waals surface area (Å²) >= 11 is 4.55. The van der Waals surface area contributed by atoms with Crippen molar-refractivity contribution in [2.45, 2.75) is 47.0 Å². The molecule has 0 aromatic heterocycles. The van der Waals surface area contributed by atoms with Crippen molar-refractivity contribution in [3.8, 4) is 0 Å². The van der Waals surface area contributed by atoms with E-state index in [9.17, 15) is 0 Å². The van der Waals surface area contributed by atoms with Crippen LogP contribution in [-0.4, -0.2) is 6.16 Å². The van der Waals surface area contributed by atoms with Gasteiger partial charge in [-0.15, -0.1) is 0 Å². The van der Waals surface area contributed by atoms with Crippen molar-refractivity contribution in [1.82, 2.24) is 0 Å². The average Bonchev–Trinajstić information content (AvgIpc) is 2.88. The van der Waals surface area contributed by atoms with Gasteiger partial charge in [0.25, 0.3) is 0 Å². The van der Waals surface area contributed by atoms with E-state index in [0.29, 0.717) is 0 Å². The molecule has 0 nitrogen and oxygen atoms in total. The first-order chi connectivity index (χ1) is 16.8. The van der Waals surface area contributed by atoms with Crippen LogP contribution in [0.5, 0.6) is 0 Å². The second-order valence-electron chi connectivity index (χ2n) is 10.6. The van der Waals surface area contributed by atoms with Crippen molar-refractivity contribution in [1.29, 1.82) is 0 Å². The van der Waals surface area contributed by atoms with E-state index in [4.69, 9.17) is 0 Å². The van der Waals surface area contributed by atoms with Crippen LogP contribution < -0.4 is 15.9 Å².